The average molecular weight is 423 g/mol. The summed E-state index contributed by atoms with van der Waals surface area (Å²) in [6.07, 6.45) is 1.24. The summed E-state index contributed by atoms with van der Waals surface area (Å²) >= 11 is 1.69. The number of nitrogens with one attached hydrogen (secondary N) is 1. The van der Waals surface area contributed by atoms with E-state index in [0.29, 0.717) is 13.1 Å². The quantitative estimate of drug-likeness (QED) is 0.805. The molecule has 3 amide bonds. The summed E-state index contributed by atoms with van der Waals surface area (Å²) in [7, 11) is 0. The van der Waals surface area contributed by atoms with Gasteiger partial charge >= 0.3 is 6.03 Å². The Hall–Kier alpha value is -2.51. The van der Waals surface area contributed by atoms with E-state index < -0.39 is 6.29 Å². The number of fused-ring (bicyclic) bond motifs is 3. The van der Waals surface area contributed by atoms with Gasteiger partial charge in [0.2, 0.25) is 5.91 Å². The number of thioether (sulfide) groups is 1. The van der Waals surface area contributed by atoms with Crippen molar-refractivity contribution in [2.24, 2.45) is 0 Å². The lowest BCUT2D eigenvalue weighted by Gasteiger charge is -2.44. The maximum atomic E-state index is 13.3. The van der Waals surface area contributed by atoms with Crippen LogP contribution in [0.15, 0.2) is 54.6 Å². The highest BCUT2D eigenvalue weighted by Crippen LogP contribution is 2.39. The molecule has 3 aliphatic heterocycles. The Balaban J connectivity index is 1.39. The monoisotopic (exact) mass is 422 g/mol. The number of hydrazine groups is 1. The van der Waals surface area contributed by atoms with Gasteiger partial charge in [0.05, 0.1) is 12.6 Å². The first-order valence-corrected chi connectivity index (χ1v) is 11.5. The Kier molecular flexibility index (Phi) is 5.16. The second-order valence-corrected chi connectivity index (χ2v) is 9.43. The predicted molar refractivity (Wildman–Crippen MR) is 117 cm³/mol. The van der Waals surface area contributed by atoms with E-state index in [4.69, 9.17) is 0 Å². The van der Waals surface area contributed by atoms with Crippen molar-refractivity contribution >= 4 is 23.7 Å². The highest BCUT2D eigenvalue weighted by Gasteiger charge is 2.55. The third-order valence-electron chi connectivity index (χ3n) is 6.13. The molecule has 7 heteroatoms. The fourth-order valence-electron chi connectivity index (χ4n) is 4.66. The van der Waals surface area contributed by atoms with Gasteiger partial charge in [-0.1, -0.05) is 60.2 Å². The normalized spacial score (nSPS) is 25.6. The molecule has 0 spiro atoms. The van der Waals surface area contributed by atoms with Gasteiger partial charge in [0.1, 0.15) is 5.25 Å². The van der Waals surface area contributed by atoms with Crippen molar-refractivity contribution in [2.75, 3.05) is 12.3 Å². The molecule has 6 nitrogen and oxygen atoms in total. The van der Waals surface area contributed by atoms with Crippen LogP contribution in [-0.2, 0) is 17.8 Å². The molecule has 0 bridgehead atoms. The van der Waals surface area contributed by atoms with Gasteiger partial charge in [-0.05, 0) is 36.6 Å². The summed E-state index contributed by atoms with van der Waals surface area (Å²) in [5.74, 6) is 1.07. The minimum absolute atomic E-state index is 0.0250. The summed E-state index contributed by atoms with van der Waals surface area (Å²) in [5, 5.41) is 1.52. The van der Waals surface area contributed by atoms with Crippen LogP contribution < -0.4 is 5.43 Å². The topological polar surface area (TPSA) is 55.9 Å². The molecule has 3 heterocycles. The lowest BCUT2D eigenvalue weighted by Crippen LogP contribution is -2.66. The molecule has 30 heavy (non-hydrogen) atoms. The van der Waals surface area contributed by atoms with Gasteiger partial charge in [-0.15, -0.1) is 11.8 Å². The highest BCUT2D eigenvalue weighted by molar-refractivity contribution is 8.00. The van der Waals surface area contributed by atoms with E-state index in [1.807, 2.05) is 40.1 Å². The molecular weight excluding hydrogens is 396 g/mol. The highest BCUT2D eigenvalue weighted by atomic mass is 32.2. The molecule has 5 rings (SSSR count). The summed E-state index contributed by atoms with van der Waals surface area (Å²) in [6.45, 7) is 3.13. The van der Waals surface area contributed by atoms with E-state index in [9.17, 15) is 9.59 Å². The zero-order valence-electron chi connectivity index (χ0n) is 17.0. The van der Waals surface area contributed by atoms with Gasteiger partial charge in [-0.3, -0.25) is 14.7 Å². The van der Waals surface area contributed by atoms with E-state index in [2.05, 4.69) is 36.6 Å². The Labute approximate surface area is 181 Å². The van der Waals surface area contributed by atoms with Gasteiger partial charge < -0.3 is 4.90 Å². The zero-order chi connectivity index (χ0) is 20.7. The third-order valence-corrected chi connectivity index (χ3v) is 7.48. The lowest BCUT2D eigenvalue weighted by atomic mass is 10.0. The van der Waals surface area contributed by atoms with Crippen molar-refractivity contribution in [2.45, 2.75) is 43.9 Å². The number of urea groups is 1. The molecular formula is C23H26N4O2S. The molecule has 3 saturated heterocycles. The van der Waals surface area contributed by atoms with Crippen molar-refractivity contribution in [1.82, 2.24) is 20.2 Å². The first kappa shape index (κ1) is 19.5. The Morgan fingerprint density at radius 2 is 1.87 bits per heavy atom. The minimum atomic E-state index is -0.404. The van der Waals surface area contributed by atoms with E-state index in [1.54, 1.807) is 16.8 Å². The van der Waals surface area contributed by atoms with Crippen molar-refractivity contribution < 1.29 is 9.59 Å². The molecule has 3 atom stereocenters. The maximum Gasteiger partial charge on any atom is 0.337 e. The predicted octanol–water partition coefficient (Wildman–Crippen LogP) is 2.98. The molecule has 3 fully saturated rings. The second-order valence-electron chi connectivity index (χ2n) is 8.18. The summed E-state index contributed by atoms with van der Waals surface area (Å²) in [5.41, 5.74) is 6.79. The molecule has 1 N–H and O–H groups in total. The number of aryl methyl sites for hydroxylation is 1. The van der Waals surface area contributed by atoms with Gasteiger partial charge in [0.15, 0.2) is 6.29 Å². The van der Waals surface area contributed by atoms with Crippen molar-refractivity contribution in [3.05, 3.63) is 71.3 Å². The number of carbonyl (C=O) groups excluding carboxylic acids is 2. The Bertz CT molecular complexity index is 953. The second kappa shape index (κ2) is 7.96. The molecule has 3 aliphatic rings. The summed E-state index contributed by atoms with van der Waals surface area (Å²) in [6, 6.07) is 18.3. The van der Waals surface area contributed by atoms with Crippen LogP contribution in [0, 0.1) is 6.92 Å². The summed E-state index contributed by atoms with van der Waals surface area (Å²) < 4.78 is 0. The van der Waals surface area contributed by atoms with Crippen LogP contribution in [0.4, 0.5) is 4.79 Å². The molecule has 3 unspecified atom stereocenters. The minimum Gasteiger partial charge on any atom is -0.307 e. The van der Waals surface area contributed by atoms with E-state index in [-0.39, 0.29) is 23.2 Å². The number of nitrogens with zero attached hydrogens (tertiary/aromatic N) is 3. The number of benzene rings is 2. The van der Waals surface area contributed by atoms with Gasteiger partial charge in [-0.2, -0.15) is 5.43 Å². The zero-order valence-corrected chi connectivity index (χ0v) is 17.8. The van der Waals surface area contributed by atoms with Crippen molar-refractivity contribution in [1.29, 1.82) is 0 Å². The van der Waals surface area contributed by atoms with E-state index in [1.165, 1.54) is 11.1 Å². The smallest absolute Gasteiger partial charge is 0.307 e. The third kappa shape index (κ3) is 3.46. The SMILES string of the molecule is Cc1cccc(CN2NC3N(CCc4ccccc4)C(=O)C4SCCC4N3C2=O)c1. The van der Waals surface area contributed by atoms with Crippen molar-refractivity contribution in [3.63, 3.8) is 0 Å². The van der Waals surface area contributed by atoms with Crippen LogP contribution in [0.1, 0.15) is 23.1 Å². The molecule has 0 radical (unpaired) electrons. The number of amides is 3. The largest absolute Gasteiger partial charge is 0.337 e. The van der Waals surface area contributed by atoms with Gasteiger partial charge in [-0.25, -0.2) is 4.79 Å². The van der Waals surface area contributed by atoms with E-state index >= 15 is 0 Å². The molecule has 0 aromatic heterocycles. The molecule has 156 valence electrons. The van der Waals surface area contributed by atoms with Crippen LogP contribution in [-0.4, -0.2) is 56.6 Å². The van der Waals surface area contributed by atoms with Gasteiger partial charge in [0.25, 0.3) is 0 Å². The van der Waals surface area contributed by atoms with Crippen LogP contribution >= 0.6 is 11.8 Å². The number of rotatable bonds is 5. The Morgan fingerprint density at radius 1 is 1.07 bits per heavy atom. The van der Waals surface area contributed by atoms with Gasteiger partial charge in [0, 0.05) is 6.54 Å². The van der Waals surface area contributed by atoms with Crippen LogP contribution in [0.5, 0.6) is 0 Å². The first-order chi connectivity index (χ1) is 14.6. The Morgan fingerprint density at radius 3 is 2.67 bits per heavy atom. The summed E-state index contributed by atoms with van der Waals surface area (Å²) in [4.78, 5) is 30.4. The lowest BCUT2D eigenvalue weighted by molar-refractivity contribution is -0.144. The number of carbonyl (C=O) groups is 2. The standard InChI is InChI=1S/C23H26N4O2S/c1-16-6-5-9-18(14-16)15-26-23(29)27-19-11-13-30-20(19)21(28)25(22(27)24-26)12-10-17-7-3-2-4-8-17/h2-9,14,19-20,22,24H,10-13,15H2,1H3. The van der Waals surface area contributed by atoms with Crippen LogP contribution in [0.25, 0.3) is 0 Å². The number of hydrogen-bond donors (Lipinski definition) is 1. The maximum absolute atomic E-state index is 13.3. The number of hydrogen-bond acceptors (Lipinski definition) is 4. The van der Waals surface area contributed by atoms with Crippen LogP contribution in [0.2, 0.25) is 0 Å². The molecule has 0 saturated carbocycles. The van der Waals surface area contributed by atoms with Crippen LogP contribution in [0.3, 0.4) is 0 Å². The van der Waals surface area contributed by atoms with E-state index in [0.717, 1.165) is 24.2 Å². The first-order valence-electron chi connectivity index (χ1n) is 10.5. The fourth-order valence-corrected chi connectivity index (χ4v) is 6.06. The fraction of sp³-hybridized carbons (Fsp3) is 0.391. The average Bonchev–Trinajstić information content (AvgIpc) is 3.34. The molecule has 0 aliphatic carbocycles. The molecule has 2 aromatic carbocycles. The molecule has 2 aromatic rings. The van der Waals surface area contributed by atoms with Crippen molar-refractivity contribution in [3.8, 4) is 0 Å².